The Morgan fingerprint density at radius 1 is 1.00 bits per heavy atom. The van der Waals surface area contributed by atoms with Crippen LogP contribution < -0.4 is 5.73 Å². The molecule has 138 valence electrons. The van der Waals surface area contributed by atoms with Crippen molar-refractivity contribution in [1.82, 2.24) is 9.80 Å². The molecule has 5 nitrogen and oxygen atoms in total. The van der Waals surface area contributed by atoms with Crippen LogP contribution in [0.4, 0.5) is 5.69 Å². The van der Waals surface area contributed by atoms with Crippen LogP contribution in [0.1, 0.15) is 48.9 Å². The summed E-state index contributed by atoms with van der Waals surface area (Å²) in [4.78, 5) is 28.7. The van der Waals surface area contributed by atoms with Gasteiger partial charge < -0.3 is 15.5 Å². The van der Waals surface area contributed by atoms with Crippen LogP contribution in [0.25, 0.3) is 0 Å². The van der Waals surface area contributed by atoms with Gasteiger partial charge in [-0.1, -0.05) is 25.3 Å². The second kappa shape index (κ2) is 9.09. The predicted molar refractivity (Wildman–Crippen MR) is 102 cm³/mol. The van der Waals surface area contributed by atoms with Gasteiger partial charge in [-0.3, -0.25) is 9.59 Å². The van der Waals surface area contributed by atoms with Crippen molar-refractivity contribution in [3.05, 3.63) is 29.8 Å². The van der Waals surface area contributed by atoms with Crippen LogP contribution in [-0.2, 0) is 4.79 Å². The molecule has 1 saturated carbocycles. The minimum absolute atomic E-state index is 0. The summed E-state index contributed by atoms with van der Waals surface area (Å²) in [5.74, 6) is 0.831. The monoisotopic (exact) mass is 365 g/mol. The fourth-order valence-electron chi connectivity index (χ4n) is 3.78. The molecule has 2 fully saturated rings. The number of nitrogen functional groups attached to an aromatic ring is 1. The van der Waals surface area contributed by atoms with Gasteiger partial charge in [0.1, 0.15) is 0 Å². The summed E-state index contributed by atoms with van der Waals surface area (Å²) < 4.78 is 0. The van der Waals surface area contributed by atoms with Crippen molar-refractivity contribution >= 4 is 29.9 Å². The van der Waals surface area contributed by atoms with Crippen molar-refractivity contribution in [2.24, 2.45) is 5.92 Å². The number of rotatable bonds is 3. The van der Waals surface area contributed by atoms with Crippen molar-refractivity contribution in [3.63, 3.8) is 0 Å². The number of halogens is 1. The van der Waals surface area contributed by atoms with E-state index in [9.17, 15) is 9.59 Å². The molecule has 1 aromatic rings. The van der Waals surface area contributed by atoms with Crippen molar-refractivity contribution in [1.29, 1.82) is 0 Å². The van der Waals surface area contributed by atoms with Crippen LogP contribution in [0.2, 0.25) is 0 Å². The lowest BCUT2D eigenvalue weighted by Gasteiger charge is -2.35. The van der Waals surface area contributed by atoms with E-state index < -0.39 is 0 Å². The van der Waals surface area contributed by atoms with Gasteiger partial charge in [-0.05, 0) is 37.0 Å². The van der Waals surface area contributed by atoms with Gasteiger partial charge in [-0.25, -0.2) is 0 Å². The molecule has 3 rings (SSSR count). The molecule has 2 aliphatic rings. The quantitative estimate of drug-likeness (QED) is 0.837. The van der Waals surface area contributed by atoms with Gasteiger partial charge in [0.25, 0.3) is 5.91 Å². The summed E-state index contributed by atoms with van der Waals surface area (Å²) in [6, 6.07) is 7.08. The van der Waals surface area contributed by atoms with Crippen LogP contribution in [0, 0.1) is 5.92 Å². The lowest BCUT2D eigenvalue weighted by atomic mass is 9.86. The summed E-state index contributed by atoms with van der Waals surface area (Å²) in [5, 5.41) is 0. The molecule has 1 saturated heterocycles. The number of benzene rings is 1. The van der Waals surface area contributed by atoms with Gasteiger partial charge in [0.2, 0.25) is 5.91 Å². The number of anilines is 1. The topological polar surface area (TPSA) is 66.6 Å². The molecule has 0 radical (unpaired) electrons. The minimum atomic E-state index is 0. The van der Waals surface area contributed by atoms with Crippen molar-refractivity contribution < 1.29 is 9.59 Å². The zero-order valence-electron chi connectivity index (χ0n) is 14.7. The highest BCUT2D eigenvalue weighted by molar-refractivity contribution is 5.95. The molecular weight excluding hydrogens is 338 g/mol. The number of carbonyl (C=O) groups excluding carboxylic acids is 2. The highest BCUT2D eigenvalue weighted by Crippen LogP contribution is 2.27. The number of nitrogens with zero attached hydrogens (tertiary/aromatic N) is 2. The maximum Gasteiger partial charge on any atom is 0.254 e. The van der Waals surface area contributed by atoms with Crippen LogP contribution in [0.5, 0.6) is 0 Å². The summed E-state index contributed by atoms with van der Waals surface area (Å²) in [6.07, 6.45) is 6.92. The number of hydrogen-bond acceptors (Lipinski definition) is 3. The standard InChI is InChI=1S/C19H27N3O2.ClH/c20-17-8-4-7-16(14-17)19(24)22-11-9-21(10-12-22)18(23)13-15-5-2-1-3-6-15;/h4,7-8,14-15H,1-3,5-6,9-13,20H2;1H. The number of amides is 2. The summed E-state index contributed by atoms with van der Waals surface area (Å²) in [7, 11) is 0. The van der Waals surface area contributed by atoms with Gasteiger partial charge in [-0.15, -0.1) is 12.4 Å². The first-order chi connectivity index (χ1) is 11.6. The molecule has 6 heteroatoms. The van der Waals surface area contributed by atoms with E-state index in [1.165, 1.54) is 32.1 Å². The first-order valence-corrected chi connectivity index (χ1v) is 9.06. The maximum absolute atomic E-state index is 12.5. The van der Waals surface area contributed by atoms with E-state index in [4.69, 9.17) is 5.73 Å². The van der Waals surface area contributed by atoms with Gasteiger partial charge in [0.15, 0.2) is 0 Å². The van der Waals surface area contributed by atoms with Gasteiger partial charge in [-0.2, -0.15) is 0 Å². The Kier molecular flexibility index (Phi) is 7.12. The van der Waals surface area contributed by atoms with Crippen molar-refractivity contribution in [2.45, 2.75) is 38.5 Å². The SMILES string of the molecule is Cl.Nc1cccc(C(=O)N2CCN(C(=O)CC3CCCCC3)CC2)c1. The molecule has 25 heavy (non-hydrogen) atoms. The molecule has 2 N–H and O–H groups in total. The fourth-order valence-corrected chi connectivity index (χ4v) is 3.78. The van der Waals surface area contributed by atoms with E-state index in [0.717, 1.165) is 0 Å². The Balaban J connectivity index is 0.00000225. The molecule has 0 unspecified atom stereocenters. The molecule has 0 atom stereocenters. The normalized spacial score (nSPS) is 18.6. The number of carbonyl (C=O) groups is 2. The third kappa shape index (κ3) is 5.11. The van der Waals surface area contributed by atoms with Crippen LogP contribution in [0.3, 0.4) is 0 Å². The van der Waals surface area contributed by atoms with Gasteiger partial charge in [0, 0.05) is 43.9 Å². The second-order valence-electron chi connectivity index (χ2n) is 7.01. The Labute approximate surface area is 155 Å². The number of hydrogen-bond donors (Lipinski definition) is 1. The molecule has 1 aromatic carbocycles. The zero-order chi connectivity index (χ0) is 16.9. The molecule has 0 spiro atoms. The summed E-state index contributed by atoms with van der Waals surface area (Å²) in [6.45, 7) is 2.48. The van der Waals surface area contributed by atoms with Crippen molar-refractivity contribution in [3.8, 4) is 0 Å². The number of piperazine rings is 1. The third-order valence-electron chi connectivity index (χ3n) is 5.24. The lowest BCUT2D eigenvalue weighted by molar-refractivity contribution is -0.133. The zero-order valence-corrected chi connectivity index (χ0v) is 15.5. The van der Waals surface area contributed by atoms with Gasteiger partial charge in [0.05, 0.1) is 0 Å². The average Bonchev–Trinajstić information content (AvgIpc) is 2.62. The highest BCUT2D eigenvalue weighted by Gasteiger charge is 2.26. The van der Waals surface area contributed by atoms with E-state index in [1.807, 2.05) is 9.80 Å². The summed E-state index contributed by atoms with van der Waals surface area (Å²) in [5.41, 5.74) is 6.97. The number of nitrogens with two attached hydrogens (primary N) is 1. The highest BCUT2D eigenvalue weighted by atomic mass is 35.5. The first-order valence-electron chi connectivity index (χ1n) is 9.06. The first kappa shape index (κ1) is 19.6. The van der Waals surface area contributed by atoms with Crippen molar-refractivity contribution in [2.75, 3.05) is 31.9 Å². The lowest BCUT2D eigenvalue weighted by Crippen LogP contribution is -2.50. The molecule has 2 amide bonds. The van der Waals surface area contributed by atoms with E-state index in [1.54, 1.807) is 24.3 Å². The fraction of sp³-hybridized carbons (Fsp3) is 0.579. The Morgan fingerprint density at radius 2 is 1.64 bits per heavy atom. The molecule has 0 bridgehead atoms. The van der Waals surface area contributed by atoms with Crippen LogP contribution >= 0.6 is 12.4 Å². The largest absolute Gasteiger partial charge is 0.399 e. The maximum atomic E-state index is 12.5. The molecule has 1 aliphatic heterocycles. The second-order valence-corrected chi connectivity index (χ2v) is 7.01. The molecule has 1 aliphatic carbocycles. The average molecular weight is 366 g/mol. The molecular formula is C19H28ClN3O2. The Morgan fingerprint density at radius 3 is 2.28 bits per heavy atom. The van der Waals surface area contributed by atoms with Crippen LogP contribution in [-0.4, -0.2) is 47.8 Å². The van der Waals surface area contributed by atoms with E-state index in [2.05, 4.69) is 0 Å². The Hall–Kier alpha value is -1.75. The van der Waals surface area contributed by atoms with E-state index in [-0.39, 0.29) is 24.2 Å². The third-order valence-corrected chi connectivity index (χ3v) is 5.24. The van der Waals surface area contributed by atoms with Crippen LogP contribution in [0.15, 0.2) is 24.3 Å². The van der Waals surface area contributed by atoms with Gasteiger partial charge >= 0.3 is 0 Å². The minimum Gasteiger partial charge on any atom is -0.399 e. The van der Waals surface area contributed by atoms with E-state index in [0.29, 0.717) is 49.8 Å². The Bertz CT molecular complexity index is 594. The molecule has 1 heterocycles. The smallest absolute Gasteiger partial charge is 0.254 e. The molecule has 0 aromatic heterocycles. The summed E-state index contributed by atoms with van der Waals surface area (Å²) >= 11 is 0. The predicted octanol–water partition coefficient (Wildman–Crippen LogP) is 2.95. The van der Waals surface area contributed by atoms with E-state index >= 15 is 0 Å².